The van der Waals surface area contributed by atoms with Crippen molar-refractivity contribution in [2.24, 2.45) is 4.99 Å². The normalized spacial score (nSPS) is 13.5. The number of rotatable bonds is 3. The minimum Gasteiger partial charge on any atom is -0.339 e. The average Bonchev–Trinajstić information content (AvgIpc) is 3.41. The summed E-state index contributed by atoms with van der Waals surface area (Å²) in [5.41, 5.74) is 4.52. The van der Waals surface area contributed by atoms with Crippen LogP contribution in [0.5, 0.6) is 0 Å². The quantitative estimate of drug-likeness (QED) is 0.570. The van der Waals surface area contributed by atoms with E-state index in [0.29, 0.717) is 11.7 Å². The summed E-state index contributed by atoms with van der Waals surface area (Å²) in [7, 11) is 0. The van der Waals surface area contributed by atoms with Gasteiger partial charge in [-0.3, -0.25) is 15.0 Å². The van der Waals surface area contributed by atoms with Gasteiger partial charge in [-0.1, -0.05) is 5.16 Å². The maximum atomic E-state index is 5.07. The Morgan fingerprint density at radius 2 is 2.04 bits per heavy atom. The van der Waals surface area contributed by atoms with Crippen molar-refractivity contribution in [2.75, 3.05) is 6.54 Å². The molecule has 0 atom stereocenters. The summed E-state index contributed by atoms with van der Waals surface area (Å²) in [6.45, 7) is 2.49. The van der Waals surface area contributed by atoms with Crippen LogP contribution in [0.15, 0.2) is 58.4 Å². The van der Waals surface area contributed by atoms with E-state index >= 15 is 0 Å². The van der Waals surface area contributed by atoms with Crippen LogP contribution >= 0.6 is 0 Å². The Balaban J connectivity index is 1.61. The number of hydrogen-bond donors (Lipinski definition) is 0. The molecule has 0 fully saturated rings. The second kappa shape index (κ2) is 5.73. The Kier molecular flexibility index (Phi) is 3.24. The lowest BCUT2D eigenvalue weighted by atomic mass is 10.1. The van der Waals surface area contributed by atoms with Gasteiger partial charge in [0.05, 0.1) is 29.1 Å². The predicted molar refractivity (Wildman–Crippen MR) is 98.6 cm³/mol. The molecule has 126 valence electrons. The molecule has 7 heteroatoms. The topological polar surface area (TPSA) is 82.0 Å². The summed E-state index contributed by atoms with van der Waals surface area (Å²) in [6.07, 6.45) is 9.60. The molecule has 0 N–H and O–H groups in total. The first-order valence-electron chi connectivity index (χ1n) is 8.22. The molecule has 0 saturated carbocycles. The largest absolute Gasteiger partial charge is 0.339 e. The van der Waals surface area contributed by atoms with Crippen molar-refractivity contribution in [3.8, 4) is 22.8 Å². The summed E-state index contributed by atoms with van der Waals surface area (Å²) in [5.74, 6) is 1.07. The standard InChI is InChI=1S/C19H14N6O/c1-12-23-19(24-26-12)13-2-6-21-16(8-13)17-9-18-14(10-22-17)4-7-25(18)15-3-5-20-11-15/h2-4,6-11H,5H2,1H3. The minimum absolute atomic E-state index is 0.530. The summed E-state index contributed by atoms with van der Waals surface area (Å²) >= 11 is 0. The third kappa shape index (κ3) is 2.41. The van der Waals surface area contributed by atoms with Gasteiger partial charge in [-0.15, -0.1) is 0 Å². The highest BCUT2D eigenvalue weighted by atomic mass is 16.5. The molecule has 4 aromatic heterocycles. The van der Waals surface area contributed by atoms with Crippen molar-refractivity contribution in [1.82, 2.24) is 24.7 Å². The molecule has 7 nitrogen and oxygen atoms in total. The van der Waals surface area contributed by atoms with Crippen LogP contribution in [0.1, 0.15) is 5.89 Å². The number of fused-ring (bicyclic) bond motifs is 1. The lowest BCUT2D eigenvalue weighted by Gasteiger charge is -2.06. The molecule has 0 saturated heterocycles. The Bertz CT molecular complexity index is 1180. The van der Waals surface area contributed by atoms with Gasteiger partial charge >= 0.3 is 0 Å². The van der Waals surface area contributed by atoms with E-state index in [1.807, 2.05) is 42.9 Å². The van der Waals surface area contributed by atoms with Crippen molar-refractivity contribution < 1.29 is 4.52 Å². The van der Waals surface area contributed by atoms with Crippen molar-refractivity contribution in [3.63, 3.8) is 0 Å². The number of allylic oxidation sites excluding steroid dienone is 1. The molecule has 0 bridgehead atoms. The van der Waals surface area contributed by atoms with Crippen molar-refractivity contribution in [1.29, 1.82) is 0 Å². The lowest BCUT2D eigenvalue weighted by Crippen LogP contribution is -1.95. The molecular weight excluding hydrogens is 328 g/mol. The molecule has 0 aliphatic carbocycles. The van der Waals surface area contributed by atoms with Gasteiger partial charge in [-0.05, 0) is 30.3 Å². The number of nitrogens with zero attached hydrogens (tertiary/aromatic N) is 6. The first-order valence-corrected chi connectivity index (χ1v) is 8.22. The molecule has 5 heterocycles. The predicted octanol–water partition coefficient (Wildman–Crippen LogP) is 3.38. The molecule has 26 heavy (non-hydrogen) atoms. The Hall–Kier alpha value is -3.61. The minimum atomic E-state index is 0.530. The molecule has 1 aliphatic heterocycles. The fourth-order valence-corrected chi connectivity index (χ4v) is 3.02. The Labute approximate surface area is 148 Å². The van der Waals surface area contributed by atoms with E-state index in [0.717, 1.165) is 40.1 Å². The lowest BCUT2D eigenvalue weighted by molar-refractivity contribution is 0.394. The summed E-state index contributed by atoms with van der Waals surface area (Å²) in [5, 5.41) is 5.04. The highest BCUT2D eigenvalue weighted by Crippen LogP contribution is 2.26. The second-order valence-electron chi connectivity index (χ2n) is 6.00. The molecule has 0 aromatic carbocycles. The van der Waals surface area contributed by atoms with Crippen LogP contribution < -0.4 is 0 Å². The van der Waals surface area contributed by atoms with E-state index in [9.17, 15) is 0 Å². The van der Waals surface area contributed by atoms with E-state index in [2.05, 4.69) is 35.7 Å². The molecule has 1 aliphatic rings. The number of aryl methyl sites for hydroxylation is 1. The maximum absolute atomic E-state index is 5.07. The molecule has 0 radical (unpaired) electrons. The summed E-state index contributed by atoms with van der Waals surface area (Å²) < 4.78 is 7.18. The summed E-state index contributed by atoms with van der Waals surface area (Å²) in [4.78, 5) is 17.6. The van der Waals surface area contributed by atoms with E-state index < -0.39 is 0 Å². The fraction of sp³-hybridized carbons (Fsp3) is 0.105. The monoisotopic (exact) mass is 342 g/mol. The van der Waals surface area contributed by atoms with E-state index in [1.165, 1.54) is 0 Å². The van der Waals surface area contributed by atoms with E-state index in [-0.39, 0.29) is 0 Å². The first kappa shape index (κ1) is 14.7. The number of aromatic nitrogens is 5. The third-order valence-electron chi connectivity index (χ3n) is 4.29. The molecule has 4 aromatic rings. The van der Waals surface area contributed by atoms with Gasteiger partial charge < -0.3 is 9.09 Å². The number of pyridine rings is 2. The second-order valence-corrected chi connectivity index (χ2v) is 6.00. The fourth-order valence-electron chi connectivity index (χ4n) is 3.02. The highest BCUT2D eigenvalue weighted by Gasteiger charge is 2.12. The molecule has 0 amide bonds. The van der Waals surface area contributed by atoms with Crippen LogP contribution in [0.25, 0.3) is 39.4 Å². The zero-order chi connectivity index (χ0) is 17.5. The van der Waals surface area contributed by atoms with Gasteiger partial charge in [0.1, 0.15) is 0 Å². The van der Waals surface area contributed by atoms with Crippen molar-refractivity contribution in [2.45, 2.75) is 6.92 Å². The zero-order valence-electron chi connectivity index (χ0n) is 14.0. The highest BCUT2D eigenvalue weighted by molar-refractivity contribution is 6.07. The van der Waals surface area contributed by atoms with Crippen molar-refractivity contribution >= 4 is 22.8 Å². The van der Waals surface area contributed by atoms with Gasteiger partial charge in [0.15, 0.2) is 0 Å². The van der Waals surface area contributed by atoms with Crippen LogP contribution in [-0.4, -0.2) is 37.4 Å². The molecule has 0 spiro atoms. The van der Waals surface area contributed by atoms with Crippen LogP contribution in [0.4, 0.5) is 0 Å². The van der Waals surface area contributed by atoms with Crippen LogP contribution in [-0.2, 0) is 0 Å². The van der Waals surface area contributed by atoms with Crippen molar-refractivity contribution in [3.05, 3.63) is 54.8 Å². The molecule has 5 rings (SSSR count). The summed E-state index contributed by atoms with van der Waals surface area (Å²) in [6, 6.07) is 7.86. The first-order chi connectivity index (χ1) is 12.8. The van der Waals surface area contributed by atoms with Crippen LogP contribution in [0.2, 0.25) is 0 Å². The van der Waals surface area contributed by atoms with Gasteiger partial charge in [0, 0.05) is 42.7 Å². The molecular formula is C19H14N6O. The SMILES string of the molecule is Cc1nc(-c2ccnc(-c3cc4c(ccn4C4=CCN=C4)cn3)c2)no1. The van der Waals surface area contributed by atoms with Crippen LogP contribution in [0, 0.1) is 6.92 Å². The Morgan fingerprint density at radius 3 is 2.85 bits per heavy atom. The van der Waals surface area contributed by atoms with E-state index in [4.69, 9.17) is 4.52 Å². The maximum Gasteiger partial charge on any atom is 0.223 e. The number of hydrogen-bond acceptors (Lipinski definition) is 6. The average molecular weight is 342 g/mol. The van der Waals surface area contributed by atoms with Crippen LogP contribution in [0.3, 0.4) is 0 Å². The van der Waals surface area contributed by atoms with Gasteiger partial charge in [0.2, 0.25) is 11.7 Å². The number of aliphatic imine (C=N–C) groups is 1. The van der Waals surface area contributed by atoms with E-state index in [1.54, 1.807) is 13.1 Å². The van der Waals surface area contributed by atoms with Gasteiger partial charge in [-0.2, -0.15) is 4.98 Å². The van der Waals surface area contributed by atoms with Gasteiger partial charge in [-0.25, -0.2) is 0 Å². The van der Waals surface area contributed by atoms with Gasteiger partial charge in [0.25, 0.3) is 0 Å². The zero-order valence-corrected chi connectivity index (χ0v) is 14.0. The Morgan fingerprint density at radius 1 is 1.12 bits per heavy atom. The third-order valence-corrected chi connectivity index (χ3v) is 4.29. The smallest absolute Gasteiger partial charge is 0.223 e. The molecule has 0 unspecified atom stereocenters.